The fraction of sp³-hybridized carbons (Fsp3) is 0.944. The smallest absolute Gasteiger partial charge is 0.407 e. The molecule has 0 aromatic rings. The van der Waals surface area contributed by atoms with E-state index in [0.717, 1.165) is 24.8 Å². The molecule has 0 bridgehead atoms. The lowest BCUT2D eigenvalue weighted by atomic mass is 9.79. The largest absolute Gasteiger partial charge is 0.444 e. The van der Waals surface area contributed by atoms with E-state index in [4.69, 9.17) is 4.74 Å². The van der Waals surface area contributed by atoms with Gasteiger partial charge in [-0.1, -0.05) is 33.6 Å². The lowest BCUT2D eigenvalue weighted by molar-refractivity contribution is 0.0501. The molecule has 3 atom stereocenters. The van der Waals surface area contributed by atoms with E-state index >= 15 is 0 Å². The number of amides is 1. The van der Waals surface area contributed by atoms with E-state index in [1.54, 1.807) is 0 Å². The van der Waals surface area contributed by atoms with Crippen molar-refractivity contribution in [3.8, 4) is 0 Å². The highest BCUT2D eigenvalue weighted by atomic mass is 16.6. The molecular formula is C18H36N2O2. The first-order chi connectivity index (χ1) is 10.2. The van der Waals surface area contributed by atoms with E-state index in [1.807, 2.05) is 20.8 Å². The van der Waals surface area contributed by atoms with Crippen LogP contribution >= 0.6 is 0 Å². The first-order valence-electron chi connectivity index (χ1n) is 8.94. The van der Waals surface area contributed by atoms with Crippen LogP contribution in [0.4, 0.5) is 4.79 Å². The molecule has 1 aliphatic carbocycles. The molecule has 4 heteroatoms. The Morgan fingerprint density at radius 1 is 1.27 bits per heavy atom. The van der Waals surface area contributed by atoms with Crippen LogP contribution in [0.15, 0.2) is 0 Å². The van der Waals surface area contributed by atoms with Crippen LogP contribution in [0.3, 0.4) is 0 Å². The van der Waals surface area contributed by atoms with Crippen molar-refractivity contribution >= 4 is 6.09 Å². The lowest BCUT2D eigenvalue weighted by Crippen LogP contribution is -2.47. The molecule has 1 saturated carbocycles. The Morgan fingerprint density at radius 2 is 1.95 bits per heavy atom. The predicted molar refractivity (Wildman–Crippen MR) is 92.0 cm³/mol. The van der Waals surface area contributed by atoms with Crippen LogP contribution in [0.1, 0.15) is 73.6 Å². The van der Waals surface area contributed by atoms with Gasteiger partial charge in [0.05, 0.1) is 0 Å². The Hall–Kier alpha value is -0.770. The molecule has 0 aromatic carbocycles. The van der Waals surface area contributed by atoms with Gasteiger partial charge in [0.1, 0.15) is 5.60 Å². The average molecular weight is 312 g/mol. The number of rotatable bonds is 6. The normalized spacial score (nSPS) is 24.1. The van der Waals surface area contributed by atoms with Gasteiger partial charge in [-0.05, 0) is 51.9 Å². The summed E-state index contributed by atoms with van der Waals surface area (Å²) in [4.78, 5) is 11.9. The van der Waals surface area contributed by atoms with Crippen LogP contribution in [0, 0.1) is 11.8 Å². The Kier molecular flexibility index (Phi) is 7.67. The molecule has 1 amide bonds. The maximum absolute atomic E-state index is 11.9. The summed E-state index contributed by atoms with van der Waals surface area (Å²) in [7, 11) is 0. The number of ether oxygens (including phenoxy) is 1. The van der Waals surface area contributed by atoms with Gasteiger partial charge in [-0.2, -0.15) is 0 Å². The molecule has 4 nitrogen and oxygen atoms in total. The molecule has 0 spiro atoms. The molecular weight excluding hydrogens is 276 g/mol. The second kappa shape index (κ2) is 8.76. The second-order valence-electron chi connectivity index (χ2n) is 8.03. The number of nitrogens with one attached hydrogen (secondary N) is 2. The summed E-state index contributed by atoms with van der Waals surface area (Å²) in [6, 6.07) is 0.727. The summed E-state index contributed by atoms with van der Waals surface area (Å²) in [5.74, 6) is 1.61. The fourth-order valence-electron chi connectivity index (χ4n) is 3.10. The predicted octanol–water partition coefficient (Wildman–Crippen LogP) is 4.09. The van der Waals surface area contributed by atoms with Crippen molar-refractivity contribution in [1.82, 2.24) is 10.6 Å². The molecule has 1 fully saturated rings. The molecule has 0 radical (unpaired) electrons. The molecule has 0 heterocycles. The zero-order valence-corrected chi connectivity index (χ0v) is 15.4. The zero-order chi connectivity index (χ0) is 16.8. The van der Waals surface area contributed by atoms with Crippen molar-refractivity contribution in [3.05, 3.63) is 0 Å². The molecule has 3 unspecified atom stereocenters. The fourth-order valence-corrected chi connectivity index (χ4v) is 3.10. The van der Waals surface area contributed by atoms with E-state index in [0.29, 0.717) is 6.04 Å². The van der Waals surface area contributed by atoms with Gasteiger partial charge in [-0.3, -0.25) is 0 Å². The van der Waals surface area contributed by atoms with E-state index in [-0.39, 0.29) is 12.1 Å². The molecule has 1 aliphatic rings. The molecule has 22 heavy (non-hydrogen) atoms. The van der Waals surface area contributed by atoms with Crippen molar-refractivity contribution in [2.24, 2.45) is 11.8 Å². The quantitative estimate of drug-likeness (QED) is 0.776. The van der Waals surface area contributed by atoms with E-state index < -0.39 is 5.60 Å². The monoisotopic (exact) mass is 312 g/mol. The van der Waals surface area contributed by atoms with Crippen molar-refractivity contribution in [1.29, 1.82) is 0 Å². The Labute approximate surface area is 136 Å². The number of alkyl carbamates (subject to hydrolysis) is 1. The SMILES string of the molecule is CCC(CNC1CCCC(C(C)C)C1)NC(=O)OC(C)(C)C. The number of hydrogen-bond donors (Lipinski definition) is 2. The summed E-state index contributed by atoms with van der Waals surface area (Å²) in [6.07, 6.45) is 5.80. The molecule has 0 saturated heterocycles. The van der Waals surface area contributed by atoms with Crippen molar-refractivity contribution < 1.29 is 9.53 Å². The molecule has 130 valence electrons. The second-order valence-corrected chi connectivity index (χ2v) is 8.03. The van der Waals surface area contributed by atoms with Gasteiger partial charge in [0.15, 0.2) is 0 Å². The Balaban J connectivity index is 2.35. The highest BCUT2D eigenvalue weighted by Crippen LogP contribution is 2.29. The number of carbonyl (C=O) groups is 1. The van der Waals surface area contributed by atoms with Gasteiger partial charge in [0.25, 0.3) is 0 Å². The Bertz CT molecular complexity index is 336. The van der Waals surface area contributed by atoms with Gasteiger partial charge in [0, 0.05) is 18.6 Å². The molecule has 1 rings (SSSR count). The summed E-state index contributed by atoms with van der Waals surface area (Å²) >= 11 is 0. The minimum Gasteiger partial charge on any atom is -0.444 e. The summed E-state index contributed by atoms with van der Waals surface area (Å²) in [6.45, 7) is 13.2. The minimum absolute atomic E-state index is 0.134. The van der Waals surface area contributed by atoms with E-state index in [9.17, 15) is 4.79 Å². The lowest BCUT2D eigenvalue weighted by Gasteiger charge is -2.33. The van der Waals surface area contributed by atoms with Gasteiger partial charge in [-0.25, -0.2) is 4.79 Å². The van der Waals surface area contributed by atoms with Gasteiger partial charge in [-0.15, -0.1) is 0 Å². The molecule has 2 N–H and O–H groups in total. The van der Waals surface area contributed by atoms with Gasteiger partial charge >= 0.3 is 6.09 Å². The maximum Gasteiger partial charge on any atom is 0.407 e. The average Bonchev–Trinajstić information content (AvgIpc) is 2.41. The standard InChI is InChI=1S/C18H36N2O2/c1-7-15(20-17(21)22-18(4,5)6)12-19-16-10-8-9-14(11-16)13(2)3/h13-16,19H,7-12H2,1-6H3,(H,20,21). The first kappa shape index (κ1) is 19.3. The van der Waals surface area contributed by atoms with Gasteiger partial charge in [0.2, 0.25) is 0 Å². The molecule has 0 aromatic heterocycles. The van der Waals surface area contributed by atoms with Crippen LogP contribution in [0.5, 0.6) is 0 Å². The maximum atomic E-state index is 11.9. The summed E-state index contributed by atoms with van der Waals surface area (Å²) in [5, 5.41) is 6.63. The van der Waals surface area contributed by atoms with Gasteiger partial charge < -0.3 is 15.4 Å². The van der Waals surface area contributed by atoms with Crippen LogP contribution < -0.4 is 10.6 Å². The summed E-state index contributed by atoms with van der Waals surface area (Å²) < 4.78 is 5.33. The third-order valence-electron chi connectivity index (χ3n) is 4.52. The Morgan fingerprint density at radius 3 is 2.50 bits per heavy atom. The van der Waals surface area contributed by atoms with E-state index in [1.165, 1.54) is 25.7 Å². The zero-order valence-electron chi connectivity index (χ0n) is 15.4. The van der Waals surface area contributed by atoms with Crippen molar-refractivity contribution in [2.75, 3.05) is 6.54 Å². The summed E-state index contributed by atoms with van der Waals surface area (Å²) in [5.41, 5.74) is -0.441. The van der Waals surface area contributed by atoms with Crippen LogP contribution in [0.2, 0.25) is 0 Å². The highest BCUT2D eigenvalue weighted by Gasteiger charge is 2.25. The highest BCUT2D eigenvalue weighted by molar-refractivity contribution is 5.68. The first-order valence-corrected chi connectivity index (χ1v) is 8.94. The van der Waals surface area contributed by atoms with Crippen LogP contribution in [-0.4, -0.2) is 30.3 Å². The van der Waals surface area contributed by atoms with E-state index in [2.05, 4.69) is 31.4 Å². The van der Waals surface area contributed by atoms with Crippen LogP contribution in [0.25, 0.3) is 0 Å². The number of hydrogen-bond acceptors (Lipinski definition) is 3. The number of carbonyl (C=O) groups excluding carboxylic acids is 1. The van der Waals surface area contributed by atoms with Crippen LogP contribution in [-0.2, 0) is 4.74 Å². The van der Waals surface area contributed by atoms with Crippen molar-refractivity contribution in [2.45, 2.75) is 91.3 Å². The molecule has 0 aliphatic heterocycles. The third kappa shape index (κ3) is 7.48. The minimum atomic E-state index is -0.441. The third-order valence-corrected chi connectivity index (χ3v) is 4.52. The topological polar surface area (TPSA) is 50.4 Å². The van der Waals surface area contributed by atoms with Crippen molar-refractivity contribution in [3.63, 3.8) is 0 Å².